The molecule has 8 nitrogen and oxygen atoms in total. The molecule has 1 saturated carbocycles. The summed E-state index contributed by atoms with van der Waals surface area (Å²) in [4.78, 5) is 14.3. The smallest absolute Gasteiger partial charge is 0.226 e. The number of guanidine groups is 2. The highest BCUT2D eigenvalue weighted by Gasteiger charge is 2.44. The number of hydrogen-bond donors (Lipinski definition) is 2. The first kappa shape index (κ1) is 19.8. The summed E-state index contributed by atoms with van der Waals surface area (Å²) < 4.78 is 5.64. The summed E-state index contributed by atoms with van der Waals surface area (Å²) in [7, 11) is 0. The van der Waals surface area contributed by atoms with E-state index in [1.54, 1.807) is 29.3 Å². The van der Waals surface area contributed by atoms with Crippen molar-refractivity contribution < 1.29 is 9.57 Å². The Hall–Kier alpha value is -2.50. The van der Waals surface area contributed by atoms with Gasteiger partial charge in [-0.3, -0.25) is 4.84 Å². The summed E-state index contributed by atoms with van der Waals surface area (Å²) in [5.41, 5.74) is 11.9. The molecule has 0 aromatic heterocycles. The standard InChI is InChI=1S/C17H22N6O2.ClH/c18-12-13-4-6-14(7-5-13)24-10-3-11-25-23-16(20)21-15(19)22-17(23)8-1-2-9-17;/h4-7H,1-3,8-11H2,(H4,19,20,21,22);1H. The molecule has 140 valence electrons. The molecule has 4 N–H and O–H groups in total. The maximum absolute atomic E-state index is 8.77. The fourth-order valence-electron chi connectivity index (χ4n) is 3.13. The molecule has 0 atom stereocenters. The van der Waals surface area contributed by atoms with E-state index in [1.165, 1.54) is 0 Å². The Balaban J connectivity index is 0.00000243. The summed E-state index contributed by atoms with van der Waals surface area (Å²) >= 11 is 0. The summed E-state index contributed by atoms with van der Waals surface area (Å²) in [5.74, 6) is 1.19. The molecule has 1 aromatic carbocycles. The first-order valence-corrected chi connectivity index (χ1v) is 8.39. The minimum Gasteiger partial charge on any atom is -0.494 e. The van der Waals surface area contributed by atoms with Crippen molar-refractivity contribution in [1.29, 1.82) is 5.26 Å². The Morgan fingerprint density at radius 3 is 2.50 bits per heavy atom. The average Bonchev–Trinajstić information content (AvgIpc) is 3.05. The molecule has 0 bridgehead atoms. The molecule has 2 aliphatic rings. The Morgan fingerprint density at radius 1 is 1.15 bits per heavy atom. The Labute approximate surface area is 158 Å². The molecular formula is C17H23ClN6O2. The zero-order chi connectivity index (χ0) is 17.7. The average molecular weight is 379 g/mol. The molecule has 3 rings (SSSR count). The van der Waals surface area contributed by atoms with Crippen LogP contribution >= 0.6 is 12.4 Å². The quantitative estimate of drug-likeness (QED) is 0.729. The number of nitrogens with zero attached hydrogens (tertiary/aromatic N) is 4. The summed E-state index contributed by atoms with van der Waals surface area (Å²) in [6.07, 6.45) is 4.51. The van der Waals surface area contributed by atoms with Gasteiger partial charge in [-0.1, -0.05) is 0 Å². The fourth-order valence-corrected chi connectivity index (χ4v) is 3.13. The van der Waals surface area contributed by atoms with Gasteiger partial charge in [0.2, 0.25) is 11.9 Å². The number of nitrogens with two attached hydrogens (primary N) is 2. The molecule has 9 heteroatoms. The van der Waals surface area contributed by atoms with Crippen LogP contribution in [0, 0.1) is 11.3 Å². The van der Waals surface area contributed by atoms with Crippen molar-refractivity contribution in [3.63, 3.8) is 0 Å². The Kier molecular flexibility index (Phi) is 6.66. The van der Waals surface area contributed by atoms with Crippen molar-refractivity contribution in [3.05, 3.63) is 29.8 Å². The van der Waals surface area contributed by atoms with Gasteiger partial charge in [-0.15, -0.1) is 12.4 Å². The maximum atomic E-state index is 8.77. The van der Waals surface area contributed by atoms with Gasteiger partial charge in [0.05, 0.1) is 24.8 Å². The number of benzene rings is 1. The Morgan fingerprint density at radius 2 is 1.85 bits per heavy atom. The fraction of sp³-hybridized carbons (Fsp3) is 0.471. The van der Waals surface area contributed by atoms with Gasteiger partial charge >= 0.3 is 0 Å². The van der Waals surface area contributed by atoms with Crippen LogP contribution in [0.25, 0.3) is 0 Å². The van der Waals surface area contributed by atoms with Gasteiger partial charge in [-0.25, -0.2) is 4.99 Å². The lowest BCUT2D eigenvalue weighted by Crippen LogP contribution is -2.55. The highest BCUT2D eigenvalue weighted by atomic mass is 35.5. The second-order valence-electron chi connectivity index (χ2n) is 6.10. The first-order valence-electron chi connectivity index (χ1n) is 8.39. The molecule has 1 aromatic rings. The van der Waals surface area contributed by atoms with E-state index >= 15 is 0 Å². The zero-order valence-corrected chi connectivity index (χ0v) is 15.2. The van der Waals surface area contributed by atoms with Crippen molar-refractivity contribution >= 4 is 24.3 Å². The SMILES string of the molecule is Cl.N#Cc1ccc(OCCCON2C(N)=NC(N)=NC23CCCC3)cc1. The van der Waals surface area contributed by atoms with Gasteiger partial charge in [0.15, 0.2) is 5.66 Å². The van der Waals surface area contributed by atoms with Crippen LogP contribution in [0.3, 0.4) is 0 Å². The van der Waals surface area contributed by atoms with Crippen LogP contribution < -0.4 is 16.2 Å². The predicted octanol–water partition coefficient (Wildman–Crippen LogP) is 1.90. The van der Waals surface area contributed by atoms with Gasteiger partial charge < -0.3 is 16.2 Å². The highest BCUT2D eigenvalue weighted by Crippen LogP contribution is 2.38. The molecule has 1 fully saturated rings. The molecule has 0 radical (unpaired) electrons. The monoisotopic (exact) mass is 378 g/mol. The van der Waals surface area contributed by atoms with Crippen molar-refractivity contribution in [2.24, 2.45) is 21.5 Å². The van der Waals surface area contributed by atoms with Gasteiger partial charge in [0.25, 0.3) is 0 Å². The van der Waals surface area contributed by atoms with Crippen molar-refractivity contribution in [2.45, 2.75) is 37.8 Å². The summed E-state index contributed by atoms with van der Waals surface area (Å²) in [6.45, 7) is 0.929. The van der Waals surface area contributed by atoms with E-state index in [4.69, 9.17) is 26.3 Å². The summed E-state index contributed by atoms with van der Waals surface area (Å²) in [6, 6.07) is 9.08. The van der Waals surface area contributed by atoms with Gasteiger partial charge in [0.1, 0.15) is 5.75 Å². The van der Waals surface area contributed by atoms with E-state index in [1.807, 2.05) is 0 Å². The van der Waals surface area contributed by atoms with E-state index in [2.05, 4.69) is 16.1 Å². The van der Waals surface area contributed by atoms with Crippen LogP contribution in [-0.2, 0) is 4.84 Å². The van der Waals surface area contributed by atoms with Crippen LogP contribution in [0.4, 0.5) is 0 Å². The number of halogens is 1. The predicted molar refractivity (Wildman–Crippen MR) is 101 cm³/mol. The topological polar surface area (TPSA) is 122 Å². The van der Waals surface area contributed by atoms with E-state index in [0.717, 1.165) is 31.4 Å². The molecule has 1 aliphatic carbocycles. The maximum Gasteiger partial charge on any atom is 0.226 e. The molecule has 1 aliphatic heterocycles. The molecule has 0 amide bonds. The number of nitriles is 1. The third-order valence-corrected chi connectivity index (χ3v) is 4.30. The Bertz CT molecular complexity index is 707. The minimum atomic E-state index is -0.510. The number of aliphatic imine (C=N–C) groups is 2. The highest BCUT2D eigenvalue weighted by molar-refractivity contribution is 5.95. The van der Waals surface area contributed by atoms with Gasteiger partial charge in [-0.05, 0) is 49.9 Å². The molecule has 1 spiro atoms. The van der Waals surface area contributed by atoms with Gasteiger partial charge in [0, 0.05) is 6.42 Å². The first-order chi connectivity index (χ1) is 12.1. The number of rotatable bonds is 6. The minimum absolute atomic E-state index is 0. The largest absolute Gasteiger partial charge is 0.494 e. The molecule has 0 unspecified atom stereocenters. The van der Waals surface area contributed by atoms with Crippen LogP contribution in [-0.4, -0.2) is 35.9 Å². The normalized spacial score (nSPS) is 17.9. The van der Waals surface area contributed by atoms with Crippen LogP contribution in [0.2, 0.25) is 0 Å². The van der Waals surface area contributed by atoms with Crippen molar-refractivity contribution in [1.82, 2.24) is 5.06 Å². The second kappa shape index (κ2) is 8.74. The third kappa shape index (κ3) is 4.36. The van der Waals surface area contributed by atoms with E-state index in [0.29, 0.717) is 25.2 Å². The lowest BCUT2D eigenvalue weighted by Gasteiger charge is -2.39. The number of ether oxygens (including phenoxy) is 1. The van der Waals surface area contributed by atoms with Gasteiger partial charge in [-0.2, -0.15) is 15.3 Å². The third-order valence-electron chi connectivity index (χ3n) is 4.30. The molecular weight excluding hydrogens is 356 g/mol. The summed E-state index contributed by atoms with van der Waals surface area (Å²) in [5, 5.41) is 10.4. The molecule has 1 heterocycles. The van der Waals surface area contributed by atoms with Crippen molar-refractivity contribution in [2.75, 3.05) is 13.2 Å². The molecule has 26 heavy (non-hydrogen) atoms. The van der Waals surface area contributed by atoms with Crippen LogP contribution in [0.5, 0.6) is 5.75 Å². The van der Waals surface area contributed by atoms with E-state index in [9.17, 15) is 0 Å². The zero-order valence-electron chi connectivity index (χ0n) is 14.4. The molecule has 0 saturated heterocycles. The van der Waals surface area contributed by atoms with Crippen molar-refractivity contribution in [3.8, 4) is 11.8 Å². The van der Waals surface area contributed by atoms with E-state index in [-0.39, 0.29) is 24.3 Å². The van der Waals surface area contributed by atoms with Crippen LogP contribution in [0.15, 0.2) is 34.3 Å². The number of hydroxylamine groups is 2. The van der Waals surface area contributed by atoms with Crippen LogP contribution in [0.1, 0.15) is 37.7 Å². The lowest BCUT2D eigenvalue weighted by atomic mass is 10.1. The number of hydrogen-bond acceptors (Lipinski definition) is 8. The lowest BCUT2D eigenvalue weighted by molar-refractivity contribution is -0.167. The second-order valence-corrected chi connectivity index (χ2v) is 6.10. The van der Waals surface area contributed by atoms with E-state index < -0.39 is 5.66 Å².